The number of ether oxygens (including phenoxy) is 3. The molecule has 0 unspecified atom stereocenters. The number of hydrogen-bond acceptors (Lipinski definition) is 5. The van der Waals surface area contributed by atoms with Gasteiger partial charge in [0.25, 0.3) is 0 Å². The van der Waals surface area contributed by atoms with Crippen molar-refractivity contribution in [1.29, 1.82) is 0 Å². The summed E-state index contributed by atoms with van der Waals surface area (Å²) in [6, 6.07) is 14.7. The van der Waals surface area contributed by atoms with Gasteiger partial charge in [-0.3, -0.25) is 4.79 Å². The van der Waals surface area contributed by atoms with E-state index in [1.807, 2.05) is 43.3 Å². The highest BCUT2D eigenvalue weighted by atomic mass is 16.5. The van der Waals surface area contributed by atoms with Gasteiger partial charge in [-0.15, -0.1) is 0 Å². The Morgan fingerprint density at radius 1 is 1.00 bits per heavy atom. The molecule has 0 saturated carbocycles. The van der Waals surface area contributed by atoms with Gasteiger partial charge in [0, 0.05) is 24.0 Å². The largest absolute Gasteiger partial charge is 0.497 e. The summed E-state index contributed by atoms with van der Waals surface area (Å²) in [5.74, 6) is 1.35. The molecule has 0 atom stereocenters. The monoisotopic (exact) mass is 344 g/mol. The van der Waals surface area contributed by atoms with E-state index in [9.17, 15) is 4.79 Å². The summed E-state index contributed by atoms with van der Waals surface area (Å²) in [6.07, 6.45) is 0. The number of carbonyl (C=O) groups is 1. The number of nitrogens with one attached hydrogen (secondary N) is 2. The van der Waals surface area contributed by atoms with Gasteiger partial charge in [0.1, 0.15) is 18.1 Å². The van der Waals surface area contributed by atoms with Crippen molar-refractivity contribution < 1.29 is 19.0 Å². The van der Waals surface area contributed by atoms with E-state index in [0.29, 0.717) is 19.8 Å². The van der Waals surface area contributed by atoms with E-state index >= 15 is 0 Å². The predicted molar refractivity (Wildman–Crippen MR) is 98.5 cm³/mol. The van der Waals surface area contributed by atoms with Crippen molar-refractivity contribution in [3.05, 3.63) is 48.5 Å². The lowest BCUT2D eigenvalue weighted by atomic mass is 10.3. The van der Waals surface area contributed by atoms with Crippen LogP contribution in [0.15, 0.2) is 48.5 Å². The van der Waals surface area contributed by atoms with E-state index in [-0.39, 0.29) is 12.5 Å². The van der Waals surface area contributed by atoms with Crippen LogP contribution in [0.1, 0.15) is 6.92 Å². The molecule has 0 bridgehead atoms. The van der Waals surface area contributed by atoms with Crippen LogP contribution in [0, 0.1) is 0 Å². The lowest BCUT2D eigenvalue weighted by Gasteiger charge is -2.10. The minimum atomic E-state index is -0.132. The molecule has 0 aliphatic rings. The molecule has 2 rings (SSSR count). The smallest absolute Gasteiger partial charge is 0.243 e. The maximum atomic E-state index is 12.0. The fourth-order valence-electron chi connectivity index (χ4n) is 2.12. The molecule has 0 heterocycles. The van der Waals surface area contributed by atoms with Gasteiger partial charge < -0.3 is 24.8 Å². The molecule has 0 aliphatic carbocycles. The predicted octanol–water partition coefficient (Wildman–Crippen LogP) is 3.16. The van der Waals surface area contributed by atoms with Gasteiger partial charge in [0.05, 0.1) is 20.3 Å². The van der Waals surface area contributed by atoms with Crippen molar-refractivity contribution in [3.63, 3.8) is 0 Å². The summed E-state index contributed by atoms with van der Waals surface area (Å²) >= 11 is 0. The summed E-state index contributed by atoms with van der Waals surface area (Å²) in [5, 5.41) is 5.89. The van der Waals surface area contributed by atoms with Crippen LogP contribution in [0.4, 0.5) is 11.4 Å². The average Bonchev–Trinajstić information content (AvgIpc) is 2.65. The maximum Gasteiger partial charge on any atom is 0.243 e. The van der Waals surface area contributed by atoms with Gasteiger partial charge in [-0.25, -0.2) is 0 Å². The van der Waals surface area contributed by atoms with Crippen LogP contribution in [0.25, 0.3) is 0 Å². The zero-order valence-corrected chi connectivity index (χ0v) is 14.6. The molecule has 1 amide bonds. The normalized spacial score (nSPS) is 10.2. The van der Waals surface area contributed by atoms with E-state index in [1.54, 1.807) is 19.2 Å². The van der Waals surface area contributed by atoms with Gasteiger partial charge in [0.15, 0.2) is 0 Å². The highest BCUT2D eigenvalue weighted by Crippen LogP contribution is 2.17. The van der Waals surface area contributed by atoms with Crippen LogP contribution in [0.2, 0.25) is 0 Å². The third-order valence-electron chi connectivity index (χ3n) is 3.36. The van der Waals surface area contributed by atoms with Crippen molar-refractivity contribution in [2.75, 3.05) is 44.1 Å². The number of benzene rings is 2. The molecule has 0 aromatic heterocycles. The van der Waals surface area contributed by atoms with Crippen molar-refractivity contribution in [3.8, 4) is 11.5 Å². The molecule has 2 N–H and O–H groups in total. The number of methoxy groups -OCH3 is 1. The highest BCUT2D eigenvalue weighted by molar-refractivity contribution is 5.93. The Morgan fingerprint density at radius 3 is 2.52 bits per heavy atom. The maximum absolute atomic E-state index is 12.0. The SMILES string of the molecule is CCOCCOc1ccc(NC(=O)CNc2cccc(OC)c2)cc1. The van der Waals surface area contributed by atoms with Gasteiger partial charge in [0.2, 0.25) is 5.91 Å². The molecular formula is C19H24N2O4. The molecule has 2 aromatic carbocycles. The molecule has 0 radical (unpaired) electrons. The second-order valence-corrected chi connectivity index (χ2v) is 5.20. The first-order valence-corrected chi connectivity index (χ1v) is 8.19. The Kier molecular flexibility index (Phi) is 7.59. The van der Waals surface area contributed by atoms with Crippen LogP contribution < -0.4 is 20.1 Å². The fraction of sp³-hybridized carbons (Fsp3) is 0.316. The van der Waals surface area contributed by atoms with E-state index in [2.05, 4.69) is 10.6 Å². The minimum Gasteiger partial charge on any atom is -0.497 e. The summed E-state index contributed by atoms with van der Waals surface area (Å²) in [7, 11) is 1.61. The van der Waals surface area contributed by atoms with Crippen molar-refractivity contribution in [2.24, 2.45) is 0 Å². The first-order chi connectivity index (χ1) is 12.2. The standard InChI is InChI=1S/C19H24N2O4/c1-3-24-11-12-25-17-9-7-15(8-10-17)21-19(22)14-20-16-5-4-6-18(13-16)23-2/h4-10,13,20H,3,11-12,14H2,1-2H3,(H,21,22). The third kappa shape index (κ3) is 6.73. The quantitative estimate of drug-likeness (QED) is 0.648. The Bertz CT molecular complexity index is 659. The topological polar surface area (TPSA) is 68.8 Å². The zero-order chi connectivity index (χ0) is 17.9. The fourth-order valence-corrected chi connectivity index (χ4v) is 2.12. The van der Waals surface area contributed by atoms with Gasteiger partial charge in [-0.05, 0) is 43.3 Å². The average molecular weight is 344 g/mol. The molecule has 6 nitrogen and oxygen atoms in total. The van der Waals surface area contributed by atoms with Crippen LogP contribution >= 0.6 is 0 Å². The Hall–Kier alpha value is -2.73. The van der Waals surface area contributed by atoms with Gasteiger partial charge in [-0.2, -0.15) is 0 Å². The van der Waals surface area contributed by atoms with E-state index in [1.165, 1.54) is 0 Å². The Balaban J connectivity index is 1.76. The molecular weight excluding hydrogens is 320 g/mol. The van der Waals surface area contributed by atoms with Crippen LogP contribution in [0.3, 0.4) is 0 Å². The van der Waals surface area contributed by atoms with Crippen LogP contribution in [-0.2, 0) is 9.53 Å². The molecule has 0 spiro atoms. The third-order valence-corrected chi connectivity index (χ3v) is 3.36. The van der Waals surface area contributed by atoms with Gasteiger partial charge >= 0.3 is 0 Å². The summed E-state index contributed by atoms with van der Waals surface area (Å²) in [5.41, 5.74) is 1.54. The van der Waals surface area contributed by atoms with Crippen molar-refractivity contribution >= 4 is 17.3 Å². The highest BCUT2D eigenvalue weighted by Gasteiger charge is 2.03. The molecule has 2 aromatic rings. The van der Waals surface area contributed by atoms with Crippen LogP contribution in [0.5, 0.6) is 11.5 Å². The van der Waals surface area contributed by atoms with Gasteiger partial charge in [-0.1, -0.05) is 6.07 Å². The first kappa shape index (κ1) is 18.6. The van der Waals surface area contributed by atoms with Crippen LogP contribution in [-0.4, -0.2) is 39.4 Å². The zero-order valence-electron chi connectivity index (χ0n) is 14.6. The summed E-state index contributed by atoms with van der Waals surface area (Å²) in [6.45, 7) is 3.85. The van der Waals surface area contributed by atoms with Crippen molar-refractivity contribution in [2.45, 2.75) is 6.92 Å². The number of rotatable bonds is 10. The number of anilines is 2. The Labute approximate surface area is 148 Å². The second-order valence-electron chi connectivity index (χ2n) is 5.20. The molecule has 134 valence electrons. The molecule has 25 heavy (non-hydrogen) atoms. The number of carbonyl (C=O) groups excluding carboxylic acids is 1. The number of hydrogen-bond donors (Lipinski definition) is 2. The molecule has 0 aliphatic heterocycles. The minimum absolute atomic E-state index is 0.132. The summed E-state index contributed by atoms with van der Waals surface area (Å²) in [4.78, 5) is 12.0. The molecule has 0 saturated heterocycles. The van der Waals surface area contributed by atoms with E-state index in [0.717, 1.165) is 22.9 Å². The Morgan fingerprint density at radius 2 is 1.80 bits per heavy atom. The first-order valence-electron chi connectivity index (χ1n) is 8.19. The molecule has 0 fully saturated rings. The van der Waals surface area contributed by atoms with Crippen molar-refractivity contribution in [1.82, 2.24) is 0 Å². The van der Waals surface area contributed by atoms with E-state index in [4.69, 9.17) is 14.2 Å². The number of amides is 1. The lowest BCUT2D eigenvalue weighted by Crippen LogP contribution is -2.21. The summed E-state index contributed by atoms with van der Waals surface area (Å²) < 4.78 is 15.9. The lowest BCUT2D eigenvalue weighted by molar-refractivity contribution is -0.114. The van der Waals surface area contributed by atoms with E-state index < -0.39 is 0 Å². The second kappa shape index (κ2) is 10.2. The molecule has 6 heteroatoms.